The Bertz CT molecular complexity index is 540. The van der Waals surface area contributed by atoms with Gasteiger partial charge in [0, 0.05) is 0 Å². The molecular weight excluding hydrogens is 280 g/mol. The van der Waals surface area contributed by atoms with Crippen molar-refractivity contribution < 1.29 is 19.4 Å². The molecule has 0 unspecified atom stereocenters. The Morgan fingerprint density at radius 3 is 2.50 bits per heavy atom. The van der Waals surface area contributed by atoms with Crippen LogP contribution in [0, 0.1) is 6.92 Å². The second-order valence-corrected chi connectivity index (χ2v) is 5.84. The summed E-state index contributed by atoms with van der Waals surface area (Å²) >= 11 is 0. The van der Waals surface area contributed by atoms with Gasteiger partial charge >= 0.3 is 5.97 Å². The number of aryl methyl sites for hydroxylation is 1. The summed E-state index contributed by atoms with van der Waals surface area (Å²) in [5.41, 5.74) is 2.16. The SMILES string of the molecule is CO/C=C(\Oc1cc(C2CCCCCC2)ccc1C)C(=O)O. The highest BCUT2D eigenvalue weighted by molar-refractivity contribution is 5.84. The van der Waals surface area contributed by atoms with Crippen LogP contribution in [-0.4, -0.2) is 18.2 Å². The van der Waals surface area contributed by atoms with E-state index in [0.717, 1.165) is 11.8 Å². The zero-order chi connectivity index (χ0) is 15.9. The second kappa shape index (κ2) is 7.87. The van der Waals surface area contributed by atoms with Crippen LogP contribution in [0.15, 0.2) is 30.2 Å². The molecular formula is C18H24O4. The van der Waals surface area contributed by atoms with Crippen molar-refractivity contribution in [1.82, 2.24) is 0 Å². The number of methoxy groups -OCH3 is 1. The van der Waals surface area contributed by atoms with E-state index in [9.17, 15) is 4.79 Å². The molecule has 4 heteroatoms. The lowest BCUT2D eigenvalue weighted by atomic mass is 9.91. The predicted molar refractivity (Wildman–Crippen MR) is 85.0 cm³/mol. The summed E-state index contributed by atoms with van der Waals surface area (Å²) in [5.74, 6) is -0.206. The molecule has 0 heterocycles. The van der Waals surface area contributed by atoms with Gasteiger partial charge in [-0.25, -0.2) is 4.79 Å². The van der Waals surface area contributed by atoms with E-state index in [1.165, 1.54) is 51.2 Å². The van der Waals surface area contributed by atoms with Crippen molar-refractivity contribution in [2.45, 2.75) is 51.4 Å². The van der Waals surface area contributed by atoms with Gasteiger partial charge in [0.05, 0.1) is 7.11 Å². The fourth-order valence-electron chi connectivity index (χ4n) is 2.94. The number of aliphatic carboxylic acids is 1. The fourth-order valence-corrected chi connectivity index (χ4v) is 2.94. The van der Waals surface area contributed by atoms with Crippen molar-refractivity contribution >= 4 is 5.97 Å². The summed E-state index contributed by atoms with van der Waals surface area (Å²) in [6.07, 6.45) is 8.65. The number of carboxylic acid groups (broad SMARTS) is 1. The van der Waals surface area contributed by atoms with Crippen LogP contribution < -0.4 is 4.74 Å². The minimum absolute atomic E-state index is 0.205. The monoisotopic (exact) mass is 304 g/mol. The Labute approximate surface area is 131 Å². The first-order chi connectivity index (χ1) is 10.6. The molecule has 0 saturated heterocycles. The van der Waals surface area contributed by atoms with E-state index in [1.54, 1.807) is 0 Å². The normalized spacial score (nSPS) is 16.9. The van der Waals surface area contributed by atoms with E-state index >= 15 is 0 Å². The van der Waals surface area contributed by atoms with E-state index in [2.05, 4.69) is 6.07 Å². The average Bonchev–Trinajstić information content (AvgIpc) is 2.78. The molecule has 0 atom stereocenters. The van der Waals surface area contributed by atoms with Gasteiger partial charge in [-0.15, -0.1) is 0 Å². The fraction of sp³-hybridized carbons (Fsp3) is 0.500. The van der Waals surface area contributed by atoms with Crippen molar-refractivity contribution in [3.63, 3.8) is 0 Å². The highest BCUT2D eigenvalue weighted by Crippen LogP contribution is 2.34. The molecule has 0 spiro atoms. The van der Waals surface area contributed by atoms with Crippen LogP contribution in [0.4, 0.5) is 0 Å². The molecule has 0 aliphatic heterocycles. The molecule has 1 aliphatic rings. The molecule has 2 rings (SSSR count). The van der Waals surface area contributed by atoms with E-state index < -0.39 is 5.97 Å². The van der Waals surface area contributed by atoms with Crippen LogP contribution >= 0.6 is 0 Å². The van der Waals surface area contributed by atoms with E-state index in [0.29, 0.717) is 11.7 Å². The number of benzene rings is 1. The van der Waals surface area contributed by atoms with Crippen molar-refractivity contribution in [3.05, 3.63) is 41.3 Å². The lowest BCUT2D eigenvalue weighted by Crippen LogP contribution is -2.09. The number of carboxylic acids is 1. The minimum Gasteiger partial charge on any atom is -0.500 e. The molecule has 0 amide bonds. The molecule has 0 radical (unpaired) electrons. The van der Waals surface area contributed by atoms with Crippen molar-refractivity contribution in [1.29, 1.82) is 0 Å². The van der Waals surface area contributed by atoms with E-state index in [1.807, 2.05) is 19.1 Å². The Hall–Kier alpha value is -1.97. The molecule has 1 aliphatic carbocycles. The first kappa shape index (κ1) is 16.4. The summed E-state index contributed by atoms with van der Waals surface area (Å²) in [6.45, 7) is 1.92. The van der Waals surface area contributed by atoms with E-state index in [4.69, 9.17) is 14.6 Å². The summed E-state index contributed by atoms with van der Waals surface area (Å²) in [7, 11) is 1.40. The van der Waals surface area contributed by atoms with Gasteiger partial charge in [0.2, 0.25) is 5.76 Å². The minimum atomic E-state index is -1.14. The van der Waals surface area contributed by atoms with Gasteiger partial charge in [0.1, 0.15) is 12.0 Å². The lowest BCUT2D eigenvalue weighted by Gasteiger charge is -2.17. The molecule has 0 bridgehead atoms. The Morgan fingerprint density at radius 1 is 1.23 bits per heavy atom. The first-order valence-corrected chi connectivity index (χ1v) is 7.86. The summed E-state index contributed by atoms with van der Waals surface area (Å²) in [4.78, 5) is 11.2. The van der Waals surface area contributed by atoms with Gasteiger partial charge in [0.25, 0.3) is 0 Å². The summed E-state index contributed by atoms with van der Waals surface area (Å²) < 4.78 is 10.3. The topological polar surface area (TPSA) is 55.8 Å². The van der Waals surface area contributed by atoms with Crippen molar-refractivity contribution in [2.75, 3.05) is 7.11 Å². The Morgan fingerprint density at radius 2 is 1.91 bits per heavy atom. The van der Waals surface area contributed by atoms with Crippen LogP contribution in [0.3, 0.4) is 0 Å². The molecule has 1 saturated carbocycles. The summed E-state index contributed by atoms with van der Waals surface area (Å²) in [6, 6.07) is 6.12. The van der Waals surface area contributed by atoms with Gasteiger partial charge in [-0.2, -0.15) is 0 Å². The van der Waals surface area contributed by atoms with Crippen molar-refractivity contribution in [2.24, 2.45) is 0 Å². The van der Waals surface area contributed by atoms with Crippen LogP contribution in [0.1, 0.15) is 55.6 Å². The quantitative estimate of drug-likeness (QED) is 0.498. The third-order valence-electron chi connectivity index (χ3n) is 4.19. The maximum Gasteiger partial charge on any atom is 0.375 e. The molecule has 1 N–H and O–H groups in total. The Kier molecular flexibility index (Phi) is 5.87. The highest BCUT2D eigenvalue weighted by atomic mass is 16.5. The smallest absolute Gasteiger partial charge is 0.375 e. The molecule has 1 fully saturated rings. The standard InChI is InChI=1S/C18H24O4/c1-13-9-10-15(14-7-5-3-4-6-8-14)11-16(13)22-17(12-21-2)18(19)20/h9-12,14H,3-8H2,1-2H3,(H,19,20)/b17-12-. The predicted octanol–water partition coefficient (Wildman–Crippen LogP) is 4.38. The van der Waals surface area contributed by atoms with Gasteiger partial charge in [-0.05, 0) is 42.9 Å². The molecule has 22 heavy (non-hydrogen) atoms. The van der Waals surface area contributed by atoms with Gasteiger partial charge in [-0.3, -0.25) is 0 Å². The molecule has 0 aromatic heterocycles. The van der Waals surface area contributed by atoms with Gasteiger partial charge in [0.15, 0.2) is 0 Å². The van der Waals surface area contributed by atoms with Crippen LogP contribution in [0.5, 0.6) is 5.75 Å². The molecule has 4 nitrogen and oxygen atoms in total. The van der Waals surface area contributed by atoms with Crippen LogP contribution in [0.2, 0.25) is 0 Å². The van der Waals surface area contributed by atoms with Crippen molar-refractivity contribution in [3.8, 4) is 5.75 Å². The van der Waals surface area contributed by atoms with E-state index in [-0.39, 0.29) is 5.76 Å². The van der Waals surface area contributed by atoms with Crippen LogP contribution in [-0.2, 0) is 9.53 Å². The number of hydrogen-bond acceptors (Lipinski definition) is 3. The molecule has 1 aromatic carbocycles. The maximum atomic E-state index is 11.2. The van der Waals surface area contributed by atoms with Crippen LogP contribution in [0.25, 0.3) is 0 Å². The molecule has 120 valence electrons. The zero-order valence-electron chi connectivity index (χ0n) is 13.3. The molecule has 1 aromatic rings. The average molecular weight is 304 g/mol. The second-order valence-electron chi connectivity index (χ2n) is 5.84. The third-order valence-corrected chi connectivity index (χ3v) is 4.19. The lowest BCUT2D eigenvalue weighted by molar-refractivity contribution is -0.135. The number of rotatable bonds is 5. The third kappa shape index (κ3) is 4.26. The number of carbonyl (C=O) groups is 1. The van der Waals surface area contributed by atoms with Gasteiger partial charge in [-0.1, -0.05) is 37.8 Å². The zero-order valence-corrected chi connectivity index (χ0v) is 13.3. The number of hydrogen-bond donors (Lipinski definition) is 1. The first-order valence-electron chi connectivity index (χ1n) is 7.86. The maximum absolute atomic E-state index is 11.2. The highest BCUT2D eigenvalue weighted by Gasteiger charge is 2.17. The van der Waals surface area contributed by atoms with Gasteiger partial charge < -0.3 is 14.6 Å². The largest absolute Gasteiger partial charge is 0.500 e. The Balaban J connectivity index is 2.22. The number of ether oxygens (including phenoxy) is 2. The summed E-state index contributed by atoms with van der Waals surface area (Å²) in [5, 5.41) is 9.14.